The quantitative estimate of drug-likeness (QED) is 0.234. The molecule has 0 radical (unpaired) electrons. The molecule has 0 saturated heterocycles. The minimum absolute atomic E-state index is 0.00791. The van der Waals surface area contributed by atoms with Gasteiger partial charge in [0.25, 0.3) is 5.91 Å². The maximum Gasteiger partial charge on any atom is 0.309 e. The fourth-order valence-corrected chi connectivity index (χ4v) is 13.7. The van der Waals surface area contributed by atoms with Crippen molar-refractivity contribution in [3.05, 3.63) is 35.4 Å². The Morgan fingerprint density at radius 1 is 0.911 bits per heavy atom. The lowest BCUT2D eigenvalue weighted by molar-refractivity contribution is -0.217. The number of carbonyl (C=O) groups excluding carboxylic acids is 4. The van der Waals surface area contributed by atoms with E-state index in [0.29, 0.717) is 24.7 Å². The Morgan fingerprint density at radius 3 is 2.21 bits per heavy atom. The van der Waals surface area contributed by atoms with Crippen LogP contribution in [0.4, 0.5) is 0 Å². The van der Waals surface area contributed by atoms with Crippen molar-refractivity contribution in [3.8, 4) is 0 Å². The molecule has 306 valence electrons. The summed E-state index contributed by atoms with van der Waals surface area (Å²) in [6.45, 7) is 21.0. The number of Topliss-reactive ketones (excluding diaryl/α,β-unsaturated/α-hetero) is 1. The predicted octanol–water partition coefficient (Wildman–Crippen LogP) is 7.10. The summed E-state index contributed by atoms with van der Waals surface area (Å²) < 4.78 is 6.30. The summed E-state index contributed by atoms with van der Waals surface area (Å²) >= 11 is 0. The number of carbonyl (C=O) groups is 5. The standard InChI is InChI=1S/C45H64N4O7/c1-24(2)33-30(50)23-45(49-39(55)41(6,7)48-36(51)35-46-20-11-21-47-35)19-18-43(9)27(34(33)45)12-13-32-42(8)16-15-31(25(3)26(42)14-17-44(32,43)10)56-38(54)29-22-28(37(52)53)40(29,4)5/h11,20-21,24-29,31-32H,12-19,22-23H2,1-10H3,(H,48,51)(H,49,55)(H,52,53)/t25-,26?,27-,28+,29-,31+,32?,42+,43-,44-,45-/m1/s1. The maximum absolute atomic E-state index is 14.3. The molecule has 1 aromatic rings. The van der Waals surface area contributed by atoms with Crippen LogP contribution in [0.25, 0.3) is 0 Å². The number of allylic oxidation sites excluding steroid dienone is 1. The van der Waals surface area contributed by atoms with Gasteiger partial charge in [-0.25, -0.2) is 9.97 Å². The Labute approximate surface area is 332 Å². The lowest BCUT2D eigenvalue weighted by Crippen LogP contribution is -2.67. The van der Waals surface area contributed by atoms with Crippen molar-refractivity contribution >= 4 is 29.5 Å². The minimum Gasteiger partial charge on any atom is -0.481 e. The van der Waals surface area contributed by atoms with Crippen molar-refractivity contribution in [3.63, 3.8) is 0 Å². The van der Waals surface area contributed by atoms with Crippen molar-refractivity contribution in [1.82, 2.24) is 20.6 Å². The number of aromatic nitrogens is 2. The molecule has 11 heteroatoms. The van der Waals surface area contributed by atoms with Crippen LogP contribution in [0, 0.1) is 63.1 Å². The molecule has 11 atom stereocenters. The minimum atomic E-state index is -1.28. The molecule has 56 heavy (non-hydrogen) atoms. The van der Waals surface area contributed by atoms with Gasteiger partial charge in [0.05, 0.1) is 17.4 Å². The number of rotatable bonds is 8. The highest BCUT2D eigenvalue weighted by Gasteiger charge is 2.69. The fraction of sp³-hybridized carbons (Fsp3) is 0.756. The molecule has 5 fully saturated rings. The van der Waals surface area contributed by atoms with Gasteiger partial charge in [0, 0.05) is 18.8 Å². The molecule has 6 aliphatic rings. The number of fused-ring (bicyclic) bond motifs is 7. The van der Waals surface area contributed by atoms with Gasteiger partial charge in [-0.2, -0.15) is 0 Å². The van der Waals surface area contributed by atoms with E-state index < -0.39 is 40.2 Å². The average Bonchev–Trinajstić information content (AvgIpc) is 3.41. The van der Waals surface area contributed by atoms with Gasteiger partial charge in [-0.1, -0.05) is 55.4 Å². The highest BCUT2D eigenvalue weighted by atomic mass is 16.5. The van der Waals surface area contributed by atoms with Crippen LogP contribution in [-0.4, -0.2) is 61.8 Å². The summed E-state index contributed by atoms with van der Waals surface area (Å²) in [5.41, 5.74) is -0.742. The largest absolute Gasteiger partial charge is 0.481 e. The number of hydrogen-bond acceptors (Lipinski definition) is 8. The lowest BCUT2D eigenvalue weighted by Gasteiger charge is -2.71. The normalized spacial score (nSPS) is 40.0. The Morgan fingerprint density at radius 2 is 1.59 bits per heavy atom. The summed E-state index contributed by atoms with van der Waals surface area (Å²) in [6.07, 6.45) is 10.7. The van der Waals surface area contributed by atoms with Gasteiger partial charge in [-0.15, -0.1) is 0 Å². The monoisotopic (exact) mass is 772 g/mol. The topological polar surface area (TPSA) is 165 Å². The third kappa shape index (κ3) is 5.89. The van der Waals surface area contributed by atoms with E-state index in [1.54, 1.807) is 19.9 Å². The smallest absolute Gasteiger partial charge is 0.309 e. The van der Waals surface area contributed by atoms with Crippen LogP contribution in [-0.2, 0) is 23.9 Å². The Bertz CT molecular complexity index is 1860. The molecule has 0 spiro atoms. The molecule has 1 aromatic heterocycles. The fourth-order valence-electron chi connectivity index (χ4n) is 13.7. The second kappa shape index (κ2) is 13.5. The first kappa shape index (κ1) is 40.6. The number of nitrogens with zero attached hydrogens (tertiary/aromatic N) is 2. The van der Waals surface area contributed by atoms with Gasteiger partial charge in [0.1, 0.15) is 11.6 Å². The van der Waals surface area contributed by atoms with Crippen LogP contribution in [0.3, 0.4) is 0 Å². The van der Waals surface area contributed by atoms with Crippen LogP contribution in [0.5, 0.6) is 0 Å². The molecule has 11 nitrogen and oxygen atoms in total. The predicted molar refractivity (Wildman–Crippen MR) is 210 cm³/mol. The van der Waals surface area contributed by atoms with Gasteiger partial charge in [0.15, 0.2) is 5.78 Å². The molecule has 2 unspecified atom stereocenters. The molecular weight excluding hydrogens is 709 g/mol. The molecule has 3 N–H and O–H groups in total. The van der Waals surface area contributed by atoms with Gasteiger partial charge >= 0.3 is 11.9 Å². The molecule has 0 aromatic carbocycles. The van der Waals surface area contributed by atoms with Crippen LogP contribution >= 0.6 is 0 Å². The Balaban J connectivity index is 1.12. The van der Waals surface area contributed by atoms with Crippen LogP contribution in [0.2, 0.25) is 0 Å². The number of esters is 1. The van der Waals surface area contributed by atoms with Crippen LogP contribution < -0.4 is 10.6 Å². The molecule has 7 rings (SSSR count). The summed E-state index contributed by atoms with van der Waals surface area (Å²) in [4.78, 5) is 74.7. The van der Waals surface area contributed by atoms with E-state index in [1.165, 1.54) is 12.4 Å². The van der Waals surface area contributed by atoms with Crippen molar-refractivity contribution in [2.75, 3.05) is 0 Å². The van der Waals surface area contributed by atoms with Crippen molar-refractivity contribution in [2.24, 2.45) is 63.1 Å². The zero-order chi connectivity index (χ0) is 41.0. The second-order valence-electron chi connectivity index (χ2n) is 20.8. The number of ether oxygens (including phenoxy) is 1. The Hall–Kier alpha value is -3.63. The van der Waals surface area contributed by atoms with E-state index in [9.17, 15) is 29.1 Å². The summed E-state index contributed by atoms with van der Waals surface area (Å²) in [6, 6.07) is 1.63. The van der Waals surface area contributed by atoms with E-state index in [-0.39, 0.29) is 70.0 Å². The number of carboxylic acids is 1. The molecular formula is C45H64N4O7. The molecule has 6 aliphatic carbocycles. The van der Waals surface area contributed by atoms with Crippen molar-refractivity contribution in [1.29, 1.82) is 0 Å². The zero-order valence-electron chi connectivity index (χ0n) is 35.2. The number of ketones is 1. The molecule has 0 bridgehead atoms. The first-order valence-electron chi connectivity index (χ1n) is 21.2. The molecule has 0 aliphatic heterocycles. The average molecular weight is 773 g/mol. The molecule has 5 saturated carbocycles. The first-order chi connectivity index (χ1) is 26.0. The number of amides is 2. The van der Waals surface area contributed by atoms with Gasteiger partial charge in [-0.3, -0.25) is 24.0 Å². The summed E-state index contributed by atoms with van der Waals surface area (Å²) in [5, 5.41) is 15.9. The SMILES string of the molecule is CC(C)C1=C2[C@H]3CCC4[C@@]5(C)CC[C@H](OC(=O)[C@H]6C[C@@H](C(=O)O)C6(C)C)[C@H](C)C5CC[C@@]4(C)[C@]3(C)CC[C@@]2(NC(=O)C(C)(C)NC(=O)c2ncccn2)CC1=O. The van der Waals surface area contributed by atoms with Crippen molar-refractivity contribution < 1.29 is 33.8 Å². The van der Waals surface area contributed by atoms with Crippen molar-refractivity contribution in [2.45, 2.75) is 151 Å². The summed E-state index contributed by atoms with van der Waals surface area (Å²) in [7, 11) is 0. The van der Waals surface area contributed by atoms with E-state index in [1.807, 2.05) is 13.8 Å². The first-order valence-corrected chi connectivity index (χ1v) is 21.2. The van der Waals surface area contributed by atoms with Crippen LogP contribution in [0.1, 0.15) is 144 Å². The summed E-state index contributed by atoms with van der Waals surface area (Å²) in [5.74, 6) is -1.57. The van der Waals surface area contributed by atoms with E-state index in [4.69, 9.17) is 4.74 Å². The van der Waals surface area contributed by atoms with E-state index in [2.05, 4.69) is 62.1 Å². The highest BCUT2D eigenvalue weighted by molar-refractivity contribution is 6.03. The van der Waals surface area contributed by atoms with E-state index in [0.717, 1.165) is 56.1 Å². The van der Waals surface area contributed by atoms with Gasteiger partial charge < -0.3 is 20.5 Å². The number of nitrogens with one attached hydrogen (secondary N) is 2. The van der Waals surface area contributed by atoms with Crippen LogP contribution in [0.15, 0.2) is 29.6 Å². The third-order valence-electron chi connectivity index (χ3n) is 17.2. The third-order valence-corrected chi connectivity index (χ3v) is 17.2. The number of aliphatic carboxylic acids is 1. The highest BCUT2D eigenvalue weighted by Crippen LogP contribution is 2.75. The lowest BCUT2D eigenvalue weighted by atomic mass is 9.34. The Kier molecular flexibility index (Phi) is 9.76. The zero-order valence-corrected chi connectivity index (χ0v) is 35.2. The number of hydrogen-bond donors (Lipinski definition) is 3. The second-order valence-corrected chi connectivity index (χ2v) is 20.8. The maximum atomic E-state index is 14.3. The van der Waals surface area contributed by atoms with Gasteiger partial charge in [0.2, 0.25) is 11.7 Å². The van der Waals surface area contributed by atoms with Gasteiger partial charge in [-0.05, 0) is 140 Å². The number of carboxylic acid groups (broad SMARTS) is 1. The van der Waals surface area contributed by atoms with E-state index >= 15 is 0 Å². The molecule has 1 heterocycles. The molecule has 2 amide bonds.